The molecule has 2 aromatic heterocycles. The van der Waals surface area contributed by atoms with Crippen LogP contribution >= 0.6 is 0 Å². The Morgan fingerprint density at radius 1 is 1.10 bits per heavy atom. The van der Waals surface area contributed by atoms with Crippen molar-refractivity contribution in [3.8, 4) is 0 Å². The Morgan fingerprint density at radius 3 is 2.61 bits per heavy atom. The lowest BCUT2D eigenvalue weighted by atomic mass is 9.97. The van der Waals surface area contributed by atoms with Crippen molar-refractivity contribution in [3.05, 3.63) is 29.0 Å². The second kappa shape index (κ2) is 8.96. The Bertz CT molecular complexity index is 969. The lowest BCUT2D eigenvalue weighted by Crippen LogP contribution is -2.42. The minimum absolute atomic E-state index is 0.126. The number of carbonyl (C=O) groups is 2. The topological polar surface area (TPSA) is 132 Å². The van der Waals surface area contributed by atoms with Crippen LogP contribution in [0.2, 0.25) is 0 Å². The van der Waals surface area contributed by atoms with E-state index in [1.807, 2.05) is 13.8 Å². The molecule has 4 heterocycles. The molecule has 2 fully saturated rings. The summed E-state index contributed by atoms with van der Waals surface area (Å²) in [6.07, 6.45) is 3.53. The van der Waals surface area contributed by atoms with Gasteiger partial charge in [-0.15, -0.1) is 5.10 Å². The number of nitrogens with zero attached hydrogens (tertiary/aromatic N) is 7. The predicted molar refractivity (Wildman–Crippen MR) is 111 cm³/mol. The minimum atomic E-state index is -0.195. The molecule has 2 amide bonds. The van der Waals surface area contributed by atoms with Gasteiger partial charge in [0.25, 0.3) is 11.8 Å². The van der Waals surface area contributed by atoms with Crippen LogP contribution in [0.25, 0.3) is 0 Å². The molecular weight excluding hydrogens is 400 g/mol. The first-order valence-electron chi connectivity index (χ1n) is 10.6. The summed E-state index contributed by atoms with van der Waals surface area (Å²) in [6.45, 7) is 7.66. The number of nitrogen functional groups attached to an aromatic ring is 1. The van der Waals surface area contributed by atoms with Gasteiger partial charge in [0.15, 0.2) is 17.2 Å². The van der Waals surface area contributed by atoms with Crippen molar-refractivity contribution >= 4 is 17.6 Å². The standard InChI is InChI=1S/C20H28N8O3/c1-13-14(2)23-18(21)17(22-13)20(30)27-5-3-4-15(10-27)11-28-12-16(24-25-28)19(29)26-6-8-31-9-7-26/h12,15H,3-11H2,1-2H3,(H2,21,23)/t15-/m0/s1. The third-order valence-corrected chi connectivity index (χ3v) is 5.84. The first kappa shape index (κ1) is 21.2. The van der Waals surface area contributed by atoms with E-state index in [0.29, 0.717) is 57.3 Å². The molecule has 2 saturated heterocycles. The zero-order valence-electron chi connectivity index (χ0n) is 18.0. The summed E-state index contributed by atoms with van der Waals surface area (Å²) >= 11 is 0. The van der Waals surface area contributed by atoms with Gasteiger partial charge < -0.3 is 20.3 Å². The van der Waals surface area contributed by atoms with E-state index in [2.05, 4.69) is 20.3 Å². The maximum Gasteiger partial charge on any atom is 0.276 e. The second-order valence-corrected chi connectivity index (χ2v) is 8.12. The molecule has 0 unspecified atom stereocenters. The number of nitrogens with two attached hydrogens (primary N) is 1. The highest BCUT2D eigenvalue weighted by molar-refractivity contribution is 5.96. The van der Waals surface area contributed by atoms with E-state index < -0.39 is 0 Å². The fraction of sp³-hybridized carbons (Fsp3) is 0.600. The molecule has 11 heteroatoms. The highest BCUT2D eigenvalue weighted by atomic mass is 16.5. The fourth-order valence-electron chi connectivity index (χ4n) is 4.00. The molecule has 0 saturated carbocycles. The molecule has 166 valence electrons. The van der Waals surface area contributed by atoms with Gasteiger partial charge in [0, 0.05) is 32.7 Å². The maximum absolute atomic E-state index is 13.0. The Morgan fingerprint density at radius 2 is 1.84 bits per heavy atom. The number of anilines is 1. The summed E-state index contributed by atoms with van der Waals surface area (Å²) in [7, 11) is 0. The summed E-state index contributed by atoms with van der Waals surface area (Å²) in [4.78, 5) is 37.7. The first-order chi connectivity index (χ1) is 14.9. The van der Waals surface area contributed by atoms with Gasteiger partial charge in [0.1, 0.15) is 0 Å². The molecule has 0 spiro atoms. The highest BCUT2D eigenvalue weighted by Gasteiger charge is 2.28. The van der Waals surface area contributed by atoms with E-state index in [9.17, 15) is 9.59 Å². The number of ether oxygens (including phenoxy) is 1. The number of likely N-dealkylation sites (tertiary alicyclic amines) is 1. The molecule has 1 atom stereocenters. The quantitative estimate of drug-likeness (QED) is 0.735. The molecule has 2 aliphatic heterocycles. The monoisotopic (exact) mass is 428 g/mol. The number of carbonyl (C=O) groups excluding carboxylic acids is 2. The minimum Gasteiger partial charge on any atom is -0.382 e. The van der Waals surface area contributed by atoms with Gasteiger partial charge in [-0.3, -0.25) is 14.3 Å². The average molecular weight is 428 g/mol. The number of rotatable bonds is 4. The first-order valence-corrected chi connectivity index (χ1v) is 10.6. The van der Waals surface area contributed by atoms with Crippen LogP contribution in [0.3, 0.4) is 0 Å². The molecule has 0 aromatic carbocycles. The van der Waals surface area contributed by atoms with Gasteiger partial charge >= 0.3 is 0 Å². The molecule has 2 aliphatic rings. The lowest BCUT2D eigenvalue weighted by molar-refractivity contribution is 0.0299. The van der Waals surface area contributed by atoms with Gasteiger partial charge in [-0.1, -0.05) is 5.21 Å². The second-order valence-electron chi connectivity index (χ2n) is 8.12. The molecule has 0 radical (unpaired) electrons. The molecule has 2 N–H and O–H groups in total. The molecule has 0 bridgehead atoms. The van der Waals surface area contributed by atoms with Crippen molar-refractivity contribution in [2.24, 2.45) is 5.92 Å². The summed E-state index contributed by atoms with van der Waals surface area (Å²) < 4.78 is 6.98. The van der Waals surface area contributed by atoms with Crippen molar-refractivity contribution in [2.75, 3.05) is 45.1 Å². The number of aromatic nitrogens is 5. The Kier molecular flexibility index (Phi) is 6.12. The number of hydrogen-bond donors (Lipinski definition) is 1. The van der Waals surface area contributed by atoms with E-state index in [-0.39, 0.29) is 29.2 Å². The van der Waals surface area contributed by atoms with Crippen LogP contribution in [-0.4, -0.2) is 86.0 Å². The molecule has 11 nitrogen and oxygen atoms in total. The third-order valence-electron chi connectivity index (χ3n) is 5.84. The molecule has 31 heavy (non-hydrogen) atoms. The SMILES string of the molecule is Cc1nc(N)c(C(=O)N2CCC[C@H](Cn3cc(C(=O)N4CCOCC4)nn3)C2)nc1C. The third kappa shape index (κ3) is 4.66. The largest absolute Gasteiger partial charge is 0.382 e. The summed E-state index contributed by atoms with van der Waals surface area (Å²) in [5.41, 5.74) is 7.93. The number of amides is 2. The van der Waals surface area contributed by atoms with Crippen molar-refractivity contribution in [1.82, 2.24) is 34.8 Å². The van der Waals surface area contributed by atoms with Crippen LogP contribution in [0.5, 0.6) is 0 Å². The number of aryl methyl sites for hydroxylation is 2. The molecular formula is C20H28N8O3. The van der Waals surface area contributed by atoms with Crippen LogP contribution in [0.15, 0.2) is 6.20 Å². The van der Waals surface area contributed by atoms with Gasteiger partial charge in [0.2, 0.25) is 0 Å². The maximum atomic E-state index is 13.0. The molecule has 2 aromatic rings. The zero-order valence-corrected chi connectivity index (χ0v) is 18.0. The molecule has 4 rings (SSSR count). The van der Waals surface area contributed by atoms with E-state index in [1.54, 1.807) is 20.7 Å². The Hall–Kier alpha value is -3.08. The van der Waals surface area contributed by atoms with Gasteiger partial charge in [-0.05, 0) is 32.6 Å². The van der Waals surface area contributed by atoms with Gasteiger partial charge in [0.05, 0.1) is 30.8 Å². The van der Waals surface area contributed by atoms with E-state index in [0.717, 1.165) is 18.5 Å². The van der Waals surface area contributed by atoms with Crippen LogP contribution in [0.4, 0.5) is 5.82 Å². The zero-order chi connectivity index (χ0) is 22.0. The van der Waals surface area contributed by atoms with Gasteiger partial charge in [-0.2, -0.15) is 0 Å². The van der Waals surface area contributed by atoms with Crippen molar-refractivity contribution in [3.63, 3.8) is 0 Å². The number of piperidine rings is 1. The number of morpholine rings is 1. The van der Waals surface area contributed by atoms with Crippen molar-refractivity contribution in [2.45, 2.75) is 33.2 Å². The van der Waals surface area contributed by atoms with Gasteiger partial charge in [-0.25, -0.2) is 9.97 Å². The summed E-state index contributed by atoms with van der Waals surface area (Å²) in [5, 5.41) is 8.19. The van der Waals surface area contributed by atoms with E-state index in [1.165, 1.54) is 0 Å². The van der Waals surface area contributed by atoms with Crippen LogP contribution in [0, 0.1) is 19.8 Å². The lowest BCUT2D eigenvalue weighted by Gasteiger charge is -2.32. The molecule has 0 aliphatic carbocycles. The highest BCUT2D eigenvalue weighted by Crippen LogP contribution is 2.21. The fourth-order valence-corrected chi connectivity index (χ4v) is 4.00. The van der Waals surface area contributed by atoms with E-state index >= 15 is 0 Å². The van der Waals surface area contributed by atoms with Crippen LogP contribution < -0.4 is 5.73 Å². The smallest absolute Gasteiger partial charge is 0.276 e. The van der Waals surface area contributed by atoms with Crippen molar-refractivity contribution in [1.29, 1.82) is 0 Å². The van der Waals surface area contributed by atoms with Crippen LogP contribution in [-0.2, 0) is 11.3 Å². The van der Waals surface area contributed by atoms with Crippen LogP contribution in [0.1, 0.15) is 45.2 Å². The predicted octanol–water partition coefficient (Wildman–Crippen LogP) is 0.292. The number of hydrogen-bond acceptors (Lipinski definition) is 8. The van der Waals surface area contributed by atoms with Crippen molar-refractivity contribution < 1.29 is 14.3 Å². The normalized spacial score (nSPS) is 19.5. The summed E-state index contributed by atoms with van der Waals surface area (Å²) in [5.74, 6) is 0.0441. The Balaban J connectivity index is 1.39. The average Bonchev–Trinajstić information content (AvgIpc) is 3.24. The van der Waals surface area contributed by atoms with E-state index in [4.69, 9.17) is 10.5 Å². The Labute approximate surface area is 180 Å². The summed E-state index contributed by atoms with van der Waals surface area (Å²) in [6, 6.07) is 0.